The molecule has 1 aliphatic heterocycles. The van der Waals surface area contributed by atoms with E-state index in [0.29, 0.717) is 36.4 Å². The largest absolute Gasteiger partial charge is 0.497 e. The second-order valence-corrected chi connectivity index (χ2v) is 10.8. The Hall–Kier alpha value is -4.02. The predicted molar refractivity (Wildman–Crippen MR) is 155 cm³/mol. The highest BCUT2D eigenvalue weighted by Crippen LogP contribution is 2.47. The molecule has 3 aromatic carbocycles. The van der Waals surface area contributed by atoms with Gasteiger partial charge in [0.05, 0.1) is 24.7 Å². The number of anilines is 1. The Balaban J connectivity index is 1.60. The molecule has 1 unspecified atom stereocenters. The van der Waals surface area contributed by atoms with Crippen LogP contribution in [0.1, 0.15) is 47.4 Å². The van der Waals surface area contributed by atoms with Crippen LogP contribution in [-0.4, -0.2) is 12.9 Å². The number of rotatable bonds is 6. The topological polar surface area (TPSA) is 88.6 Å². The first-order chi connectivity index (χ1) is 18.8. The number of hydrogen-bond acceptors (Lipinski definition) is 6. The third kappa shape index (κ3) is 5.05. The van der Waals surface area contributed by atoms with Gasteiger partial charge in [-0.25, -0.2) is 0 Å². The van der Waals surface area contributed by atoms with Crippen molar-refractivity contribution >= 4 is 27.4 Å². The molecule has 0 radical (unpaired) electrons. The average molecular weight is 585 g/mol. The zero-order chi connectivity index (χ0) is 27.7. The standard InChI is InChI=1S/C32H30BrN3O3/c1-19-15-21(18-39-25-13-11-24(38-3)12-14-25)20(2)26(16-19)30-27(17-34)32(35)36(23-9-7-22(33)8-10-23)28-5-4-6-29(37)31(28)30/h7-16,30H,4-6,18,35H2,1-3H3. The summed E-state index contributed by atoms with van der Waals surface area (Å²) in [6.07, 6.45) is 1.92. The van der Waals surface area contributed by atoms with Gasteiger partial charge in [-0.05, 0) is 91.9 Å². The van der Waals surface area contributed by atoms with E-state index in [2.05, 4.69) is 34.1 Å². The smallest absolute Gasteiger partial charge is 0.161 e. The van der Waals surface area contributed by atoms with Gasteiger partial charge in [0.15, 0.2) is 5.78 Å². The number of benzene rings is 3. The summed E-state index contributed by atoms with van der Waals surface area (Å²) in [5.74, 6) is 1.41. The SMILES string of the molecule is COc1ccc(OCc2cc(C)cc(C3C(C#N)=C(N)N(c4ccc(Br)cc4)C4=C3C(=O)CCC4)c2C)cc1. The van der Waals surface area contributed by atoms with E-state index in [1.807, 2.05) is 67.3 Å². The summed E-state index contributed by atoms with van der Waals surface area (Å²) in [4.78, 5) is 15.5. The van der Waals surface area contributed by atoms with Gasteiger partial charge in [-0.3, -0.25) is 9.69 Å². The van der Waals surface area contributed by atoms with Crippen LogP contribution in [0.2, 0.25) is 0 Å². The number of carbonyl (C=O) groups is 1. The van der Waals surface area contributed by atoms with Crippen LogP contribution in [0, 0.1) is 25.2 Å². The van der Waals surface area contributed by atoms with Crippen LogP contribution in [-0.2, 0) is 11.4 Å². The van der Waals surface area contributed by atoms with E-state index >= 15 is 0 Å². The Morgan fingerprint density at radius 3 is 2.41 bits per heavy atom. The van der Waals surface area contributed by atoms with Gasteiger partial charge < -0.3 is 15.2 Å². The van der Waals surface area contributed by atoms with E-state index in [0.717, 1.165) is 56.0 Å². The lowest BCUT2D eigenvalue weighted by Crippen LogP contribution is -2.39. The van der Waals surface area contributed by atoms with Crippen LogP contribution in [0.25, 0.3) is 0 Å². The molecule has 0 saturated heterocycles. The molecule has 0 bridgehead atoms. The number of nitriles is 1. The minimum atomic E-state index is -0.524. The molecule has 7 heteroatoms. The summed E-state index contributed by atoms with van der Waals surface area (Å²) < 4.78 is 12.3. The highest BCUT2D eigenvalue weighted by molar-refractivity contribution is 9.10. The number of allylic oxidation sites excluding steroid dienone is 3. The summed E-state index contributed by atoms with van der Waals surface area (Å²) in [6.45, 7) is 4.40. The van der Waals surface area contributed by atoms with Gasteiger partial charge in [-0.2, -0.15) is 5.26 Å². The molecule has 6 nitrogen and oxygen atoms in total. The van der Waals surface area contributed by atoms with Gasteiger partial charge in [0, 0.05) is 27.9 Å². The van der Waals surface area contributed by atoms with Gasteiger partial charge in [0.25, 0.3) is 0 Å². The Morgan fingerprint density at radius 1 is 1.05 bits per heavy atom. The van der Waals surface area contributed by atoms with Gasteiger partial charge in [-0.1, -0.05) is 33.6 Å². The molecule has 1 heterocycles. The number of methoxy groups -OCH3 is 1. The van der Waals surface area contributed by atoms with Crippen LogP contribution in [0.4, 0.5) is 5.69 Å². The third-order valence-electron chi connectivity index (χ3n) is 7.46. The van der Waals surface area contributed by atoms with Crippen LogP contribution < -0.4 is 20.1 Å². The van der Waals surface area contributed by atoms with E-state index in [4.69, 9.17) is 15.2 Å². The second kappa shape index (κ2) is 11.0. The van der Waals surface area contributed by atoms with Crippen LogP contribution in [0.5, 0.6) is 11.5 Å². The van der Waals surface area contributed by atoms with Gasteiger partial charge in [0.1, 0.15) is 23.9 Å². The fourth-order valence-corrected chi connectivity index (χ4v) is 5.79. The van der Waals surface area contributed by atoms with Crippen molar-refractivity contribution in [2.45, 2.75) is 45.6 Å². The number of ketones is 1. The summed E-state index contributed by atoms with van der Waals surface area (Å²) in [6, 6.07) is 21.8. The second-order valence-electron chi connectivity index (χ2n) is 9.90. The molecule has 0 amide bonds. The quantitative estimate of drug-likeness (QED) is 0.337. The Kier molecular flexibility index (Phi) is 7.49. The van der Waals surface area contributed by atoms with Crippen molar-refractivity contribution in [1.29, 1.82) is 5.26 Å². The Bertz CT molecular complexity index is 1530. The lowest BCUT2D eigenvalue weighted by Gasteiger charge is -2.40. The number of Topliss-reactive ketones (excluding diaryl/α,β-unsaturated/α-hetero) is 1. The molecule has 0 fully saturated rings. The lowest BCUT2D eigenvalue weighted by molar-refractivity contribution is -0.116. The molecule has 5 rings (SSSR count). The number of nitrogens with zero attached hydrogens (tertiary/aromatic N) is 2. The molecule has 2 N–H and O–H groups in total. The fraction of sp³-hybridized carbons (Fsp3) is 0.250. The van der Waals surface area contributed by atoms with E-state index < -0.39 is 5.92 Å². The first kappa shape index (κ1) is 26.6. The van der Waals surface area contributed by atoms with Crippen LogP contribution in [0.15, 0.2) is 87.8 Å². The highest BCUT2D eigenvalue weighted by Gasteiger charge is 2.41. The Morgan fingerprint density at radius 2 is 1.74 bits per heavy atom. The van der Waals surface area contributed by atoms with Gasteiger partial charge in [0.2, 0.25) is 0 Å². The molecule has 1 aliphatic carbocycles. The maximum absolute atomic E-state index is 13.6. The fourth-order valence-electron chi connectivity index (χ4n) is 5.53. The van der Waals surface area contributed by atoms with Crippen LogP contribution in [0.3, 0.4) is 0 Å². The number of carbonyl (C=O) groups excluding carboxylic acids is 1. The number of aryl methyl sites for hydroxylation is 1. The molecule has 39 heavy (non-hydrogen) atoms. The monoisotopic (exact) mass is 583 g/mol. The third-order valence-corrected chi connectivity index (χ3v) is 7.99. The molecule has 198 valence electrons. The summed E-state index contributed by atoms with van der Waals surface area (Å²) in [5, 5.41) is 10.4. The predicted octanol–water partition coefficient (Wildman–Crippen LogP) is 6.96. The van der Waals surface area contributed by atoms with Gasteiger partial charge in [-0.15, -0.1) is 0 Å². The molecule has 0 aromatic heterocycles. The molecule has 0 saturated carbocycles. The zero-order valence-corrected chi connectivity index (χ0v) is 23.8. The van der Waals surface area contributed by atoms with Crippen molar-refractivity contribution in [1.82, 2.24) is 0 Å². The molecular formula is C32H30BrN3O3. The minimum absolute atomic E-state index is 0.0700. The number of hydrogen-bond donors (Lipinski definition) is 1. The van der Waals surface area contributed by atoms with Crippen molar-refractivity contribution in [3.63, 3.8) is 0 Å². The van der Waals surface area contributed by atoms with E-state index in [1.54, 1.807) is 7.11 Å². The number of ether oxygens (including phenoxy) is 2. The minimum Gasteiger partial charge on any atom is -0.497 e. The van der Waals surface area contributed by atoms with E-state index in [-0.39, 0.29) is 5.78 Å². The molecular weight excluding hydrogens is 554 g/mol. The molecule has 1 atom stereocenters. The number of nitrogens with two attached hydrogens (primary N) is 1. The van der Waals surface area contributed by atoms with Crippen molar-refractivity contribution in [3.8, 4) is 17.6 Å². The summed E-state index contributed by atoms with van der Waals surface area (Å²) in [7, 11) is 1.63. The maximum atomic E-state index is 13.6. The van der Waals surface area contributed by atoms with Crippen molar-refractivity contribution in [3.05, 3.63) is 110 Å². The zero-order valence-electron chi connectivity index (χ0n) is 22.3. The molecule has 3 aromatic rings. The molecule has 0 spiro atoms. The Labute approximate surface area is 237 Å². The lowest BCUT2D eigenvalue weighted by atomic mass is 9.73. The highest BCUT2D eigenvalue weighted by atomic mass is 79.9. The molecule has 2 aliphatic rings. The summed E-state index contributed by atoms with van der Waals surface area (Å²) >= 11 is 3.49. The number of halogens is 1. The normalized spacial score (nSPS) is 17.2. The average Bonchev–Trinajstić information content (AvgIpc) is 2.94. The van der Waals surface area contributed by atoms with Crippen molar-refractivity contribution in [2.24, 2.45) is 5.73 Å². The van der Waals surface area contributed by atoms with E-state index in [9.17, 15) is 10.1 Å². The summed E-state index contributed by atoms with van der Waals surface area (Å²) in [5.41, 5.74) is 13.5. The van der Waals surface area contributed by atoms with Crippen molar-refractivity contribution < 1.29 is 14.3 Å². The van der Waals surface area contributed by atoms with Crippen LogP contribution >= 0.6 is 15.9 Å². The first-order valence-electron chi connectivity index (χ1n) is 12.9. The maximum Gasteiger partial charge on any atom is 0.161 e. The van der Waals surface area contributed by atoms with Gasteiger partial charge >= 0.3 is 0 Å². The van der Waals surface area contributed by atoms with E-state index in [1.165, 1.54) is 0 Å². The van der Waals surface area contributed by atoms with Crippen molar-refractivity contribution in [2.75, 3.05) is 12.0 Å². The first-order valence-corrected chi connectivity index (χ1v) is 13.7.